The van der Waals surface area contributed by atoms with Gasteiger partial charge in [0.2, 0.25) is 0 Å². The Morgan fingerprint density at radius 2 is 1.82 bits per heavy atom. The summed E-state index contributed by atoms with van der Waals surface area (Å²) < 4.78 is 29.4. The highest BCUT2D eigenvalue weighted by Gasteiger charge is 2.34. The molecule has 3 heterocycles. The Morgan fingerprint density at radius 1 is 1.11 bits per heavy atom. The van der Waals surface area contributed by atoms with E-state index in [1.54, 1.807) is 4.90 Å². The van der Waals surface area contributed by atoms with Crippen molar-refractivity contribution in [3.05, 3.63) is 52.2 Å². The van der Waals surface area contributed by atoms with Crippen LogP contribution in [-0.4, -0.2) is 57.9 Å². The molecule has 2 aliphatic heterocycles. The summed E-state index contributed by atoms with van der Waals surface area (Å²) in [6, 6.07) is 2.21. The molecular formula is C20H22F2N4O2. The van der Waals surface area contributed by atoms with Gasteiger partial charge in [-0.2, -0.15) is 0 Å². The number of hydrogen-bond acceptors (Lipinski definition) is 4. The zero-order valence-corrected chi connectivity index (χ0v) is 15.5. The maximum Gasteiger partial charge on any atom is 0.344 e. The minimum atomic E-state index is -0.905. The molecule has 148 valence electrons. The standard InChI is InChI=1S/C20H22F2N4O2/c21-16-8-13(14-10-23-20(28)24-11-14)9-17(22)18(16)19(27)26-7-3-4-15(26)12-25-5-1-2-6-25/h8-11,15H,1-7,12H2,(H,23,24,28)/t15-/m0/s1. The first kappa shape index (κ1) is 18.7. The van der Waals surface area contributed by atoms with Gasteiger partial charge in [0.15, 0.2) is 0 Å². The molecule has 0 spiro atoms. The summed E-state index contributed by atoms with van der Waals surface area (Å²) in [5, 5.41) is 0. The zero-order chi connectivity index (χ0) is 19.7. The van der Waals surface area contributed by atoms with Crippen molar-refractivity contribution in [3.63, 3.8) is 0 Å². The number of carbonyl (C=O) groups is 1. The number of hydrogen-bond donors (Lipinski definition) is 1. The van der Waals surface area contributed by atoms with Crippen LogP contribution >= 0.6 is 0 Å². The quantitative estimate of drug-likeness (QED) is 0.873. The lowest BCUT2D eigenvalue weighted by atomic mass is 10.0. The second-order valence-electron chi connectivity index (χ2n) is 7.42. The van der Waals surface area contributed by atoms with Crippen molar-refractivity contribution >= 4 is 5.91 Å². The first-order chi connectivity index (χ1) is 13.5. The molecule has 1 aromatic heterocycles. The van der Waals surface area contributed by atoms with Gasteiger partial charge in [-0.25, -0.2) is 18.6 Å². The maximum absolute atomic E-state index is 14.7. The van der Waals surface area contributed by atoms with Gasteiger partial charge in [-0.05, 0) is 56.5 Å². The van der Waals surface area contributed by atoms with Crippen LogP contribution in [0.1, 0.15) is 36.0 Å². The van der Waals surface area contributed by atoms with E-state index < -0.39 is 28.8 Å². The number of nitrogens with zero attached hydrogens (tertiary/aromatic N) is 3. The van der Waals surface area contributed by atoms with Crippen molar-refractivity contribution in [1.29, 1.82) is 0 Å². The molecule has 8 heteroatoms. The monoisotopic (exact) mass is 388 g/mol. The van der Waals surface area contributed by atoms with Crippen LogP contribution in [-0.2, 0) is 0 Å². The molecule has 0 aliphatic carbocycles. The Bertz CT molecular complexity index is 897. The summed E-state index contributed by atoms with van der Waals surface area (Å²) in [6.07, 6.45) is 6.58. The van der Waals surface area contributed by atoms with E-state index in [4.69, 9.17) is 0 Å². The fourth-order valence-corrected chi connectivity index (χ4v) is 4.14. The number of benzene rings is 1. The average molecular weight is 388 g/mol. The summed E-state index contributed by atoms with van der Waals surface area (Å²) in [7, 11) is 0. The van der Waals surface area contributed by atoms with Crippen LogP contribution in [0.4, 0.5) is 8.78 Å². The number of aromatic amines is 1. The highest BCUT2D eigenvalue weighted by Crippen LogP contribution is 2.27. The van der Waals surface area contributed by atoms with Gasteiger partial charge in [0.25, 0.3) is 5.91 Å². The van der Waals surface area contributed by atoms with Crippen molar-refractivity contribution in [2.75, 3.05) is 26.2 Å². The summed E-state index contributed by atoms with van der Waals surface area (Å²) >= 11 is 0. The number of rotatable bonds is 4. The molecule has 1 aromatic carbocycles. The van der Waals surface area contributed by atoms with Gasteiger partial charge in [0.05, 0.1) is 0 Å². The Kier molecular flexibility index (Phi) is 5.21. The lowest BCUT2D eigenvalue weighted by Crippen LogP contribution is -2.43. The molecule has 28 heavy (non-hydrogen) atoms. The largest absolute Gasteiger partial charge is 0.344 e. The third kappa shape index (κ3) is 3.69. The third-order valence-corrected chi connectivity index (χ3v) is 5.57. The lowest BCUT2D eigenvalue weighted by Gasteiger charge is -2.28. The summed E-state index contributed by atoms with van der Waals surface area (Å²) in [6.45, 7) is 3.31. The van der Waals surface area contributed by atoms with Gasteiger partial charge in [-0.3, -0.25) is 4.79 Å². The highest BCUT2D eigenvalue weighted by molar-refractivity contribution is 5.95. The van der Waals surface area contributed by atoms with E-state index in [9.17, 15) is 18.4 Å². The number of halogens is 2. The average Bonchev–Trinajstić information content (AvgIpc) is 3.34. The van der Waals surface area contributed by atoms with Crippen molar-refractivity contribution in [2.45, 2.75) is 31.7 Å². The van der Waals surface area contributed by atoms with Crippen molar-refractivity contribution in [2.24, 2.45) is 0 Å². The van der Waals surface area contributed by atoms with E-state index in [0.717, 1.165) is 57.5 Å². The van der Waals surface area contributed by atoms with Crippen molar-refractivity contribution in [3.8, 4) is 11.1 Å². The second kappa shape index (κ2) is 7.79. The fourth-order valence-electron chi connectivity index (χ4n) is 4.14. The Hall–Kier alpha value is -2.61. The van der Waals surface area contributed by atoms with Crippen LogP contribution in [0.3, 0.4) is 0 Å². The summed E-state index contributed by atoms with van der Waals surface area (Å²) in [4.78, 5) is 33.8. The molecule has 4 rings (SSSR count). The first-order valence-electron chi connectivity index (χ1n) is 9.60. The van der Waals surface area contributed by atoms with Gasteiger partial charge in [-0.15, -0.1) is 0 Å². The van der Waals surface area contributed by atoms with Crippen LogP contribution in [0, 0.1) is 11.6 Å². The topological polar surface area (TPSA) is 69.3 Å². The predicted octanol–water partition coefficient (Wildman–Crippen LogP) is 2.42. The van der Waals surface area contributed by atoms with E-state index in [2.05, 4.69) is 14.9 Å². The molecule has 1 amide bonds. The molecule has 0 unspecified atom stereocenters. The predicted molar refractivity (Wildman–Crippen MR) is 99.9 cm³/mol. The molecule has 2 saturated heterocycles. The molecule has 0 radical (unpaired) electrons. The Labute approximate surface area is 161 Å². The normalized spacial score (nSPS) is 20.1. The van der Waals surface area contributed by atoms with Gasteiger partial charge >= 0.3 is 5.69 Å². The van der Waals surface area contributed by atoms with E-state index >= 15 is 0 Å². The minimum Gasteiger partial charge on any atom is -0.334 e. The number of H-pyrrole nitrogens is 1. The van der Waals surface area contributed by atoms with Crippen LogP contribution in [0.5, 0.6) is 0 Å². The number of amides is 1. The third-order valence-electron chi connectivity index (χ3n) is 5.57. The van der Waals surface area contributed by atoms with E-state index in [1.807, 2.05) is 0 Å². The van der Waals surface area contributed by atoms with Crippen LogP contribution in [0.2, 0.25) is 0 Å². The smallest absolute Gasteiger partial charge is 0.334 e. The summed E-state index contributed by atoms with van der Waals surface area (Å²) in [5.74, 6) is -2.40. The van der Waals surface area contributed by atoms with Crippen LogP contribution in [0.15, 0.2) is 29.3 Å². The van der Waals surface area contributed by atoms with Crippen molar-refractivity contribution < 1.29 is 13.6 Å². The summed E-state index contributed by atoms with van der Waals surface area (Å²) in [5.41, 5.74) is -0.487. The molecule has 0 bridgehead atoms. The zero-order valence-electron chi connectivity index (χ0n) is 15.5. The van der Waals surface area contributed by atoms with Gasteiger partial charge in [0, 0.05) is 37.1 Å². The minimum absolute atomic E-state index is 0.00697. The second-order valence-corrected chi connectivity index (χ2v) is 7.42. The highest BCUT2D eigenvalue weighted by atomic mass is 19.1. The number of aromatic nitrogens is 2. The first-order valence-corrected chi connectivity index (χ1v) is 9.60. The molecule has 2 aliphatic rings. The Balaban J connectivity index is 1.58. The molecule has 1 atom stereocenters. The SMILES string of the molecule is O=C(c1c(F)cc(-c2cnc(=O)[nH]c2)cc1F)N1CCC[C@H]1CN1CCCC1. The van der Waals surface area contributed by atoms with Gasteiger partial charge in [-0.1, -0.05) is 0 Å². The lowest BCUT2D eigenvalue weighted by molar-refractivity contribution is 0.0699. The Morgan fingerprint density at radius 3 is 2.46 bits per heavy atom. The number of nitrogens with one attached hydrogen (secondary N) is 1. The molecule has 6 nitrogen and oxygen atoms in total. The van der Waals surface area contributed by atoms with Crippen molar-refractivity contribution in [1.82, 2.24) is 19.8 Å². The molecule has 1 N–H and O–H groups in total. The van der Waals surface area contributed by atoms with E-state index in [0.29, 0.717) is 12.1 Å². The number of carbonyl (C=O) groups excluding carboxylic acids is 1. The van der Waals surface area contributed by atoms with E-state index in [1.165, 1.54) is 12.4 Å². The molecule has 2 fully saturated rings. The maximum atomic E-state index is 14.7. The van der Waals surface area contributed by atoms with Gasteiger partial charge in [0.1, 0.15) is 17.2 Å². The van der Waals surface area contributed by atoms with E-state index in [-0.39, 0.29) is 11.6 Å². The fraction of sp³-hybridized carbons (Fsp3) is 0.450. The van der Waals surface area contributed by atoms with Crippen LogP contribution in [0.25, 0.3) is 11.1 Å². The number of likely N-dealkylation sites (tertiary alicyclic amines) is 2. The van der Waals surface area contributed by atoms with Gasteiger partial charge < -0.3 is 14.8 Å². The molecule has 2 aromatic rings. The molecule has 0 saturated carbocycles. The van der Waals surface area contributed by atoms with Crippen LogP contribution < -0.4 is 5.69 Å². The molecular weight excluding hydrogens is 366 g/mol.